The number of fused-ring (bicyclic) bond motifs is 2. The standard InChI is InChI=1S/C21H16N2O7S2/c1-12-10-15(31(25,26)27)11-14-7-8-17(20(24)19(12)14)22-23-18-9-6-13-4-2-3-5-16(13)21(18)32(28,29)30/h2-11,24H,1H3,(H,25,26,27)(H,28,29,30). The Balaban J connectivity index is 1.87. The fraction of sp³-hybridized carbons (Fsp3) is 0.0476. The number of hydrogen-bond donors (Lipinski definition) is 3. The van der Waals surface area contributed by atoms with Gasteiger partial charge in [0, 0.05) is 10.8 Å². The molecule has 0 aliphatic heterocycles. The number of aryl methyl sites for hydroxylation is 1. The van der Waals surface area contributed by atoms with Gasteiger partial charge in [0.15, 0.2) is 5.75 Å². The van der Waals surface area contributed by atoms with Gasteiger partial charge in [0.25, 0.3) is 20.2 Å². The van der Waals surface area contributed by atoms with E-state index in [9.17, 15) is 31.0 Å². The van der Waals surface area contributed by atoms with Crippen molar-refractivity contribution < 1.29 is 31.0 Å². The smallest absolute Gasteiger partial charge is 0.297 e. The van der Waals surface area contributed by atoms with E-state index in [0.29, 0.717) is 21.7 Å². The summed E-state index contributed by atoms with van der Waals surface area (Å²) in [5.74, 6) is -0.306. The van der Waals surface area contributed by atoms with Crippen LogP contribution in [0.2, 0.25) is 0 Å². The molecule has 0 radical (unpaired) electrons. The molecule has 11 heteroatoms. The van der Waals surface area contributed by atoms with Crippen LogP contribution in [0, 0.1) is 6.92 Å². The van der Waals surface area contributed by atoms with E-state index in [0.717, 1.165) is 0 Å². The molecule has 9 nitrogen and oxygen atoms in total. The van der Waals surface area contributed by atoms with Crippen LogP contribution in [0.4, 0.5) is 11.4 Å². The summed E-state index contributed by atoms with van der Waals surface area (Å²) < 4.78 is 65.9. The quantitative estimate of drug-likeness (QED) is 0.281. The minimum atomic E-state index is -4.63. The molecule has 0 saturated heterocycles. The van der Waals surface area contributed by atoms with Crippen LogP contribution in [0.15, 0.2) is 80.7 Å². The Morgan fingerprint density at radius 3 is 2.06 bits per heavy atom. The zero-order chi connectivity index (χ0) is 23.3. The highest BCUT2D eigenvalue weighted by Gasteiger charge is 2.20. The maximum Gasteiger partial charge on any atom is 0.297 e. The van der Waals surface area contributed by atoms with Gasteiger partial charge in [0.1, 0.15) is 16.3 Å². The van der Waals surface area contributed by atoms with E-state index in [2.05, 4.69) is 10.2 Å². The number of aromatic hydroxyl groups is 1. The van der Waals surface area contributed by atoms with E-state index in [1.165, 1.54) is 36.4 Å². The molecular weight excluding hydrogens is 456 g/mol. The molecule has 0 amide bonds. The zero-order valence-electron chi connectivity index (χ0n) is 16.5. The monoisotopic (exact) mass is 472 g/mol. The first-order valence-electron chi connectivity index (χ1n) is 9.11. The predicted molar refractivity (Wildman–Crippen MR) is 118 cm³/mol. The first-order valence-corrected chi connectivity index (χ1v) is 12.0. The molecule has 0 aliphatic rings. The second kappa shape index (κ2) is 7.64. The number of hydrogen-bond acceptors (Lipinski definition) is 7. The van der Waals surface area contributed by atoms with Gasteiger partial charge in [-0.05, 0) is 47.5 Å². The van der Waals surface area contributed by atoms with E-state index in [-0.39, 0.29) is 27.4 Å². The molecule has 4 aromatic carbocycles. The van der Waals surface area contributed by atoms with Gasteiger partial charge in [-0.15, -0.1) is 10.2 Å². The van der Waals surface area contributed by atoms with Gasteiger partial charge in [-0.2, -0.15) is 16.8 Å². The topological polar surface area (TPSA) is 154 Å². The molecule has 0 spiro atoms. The van der Waals surface area contributed by atoms with Crippen molar-refractivity contribution in [3.63, 3.8) is 0 Å². The minimum Gasteiger partial charge on any atom is -0.505 e. The Hall–Kier alpha value is -3.38. The van der Waals surface area contributed by atoms with Crippen LogP contribution in [0.1, 0.15) is 5.56 Å². The highest BCUT2D eigenvalue weighted by molar-refractivity contribution is 7.86. The summed E-state index contributed by atoms with van der Waals surface area (Å²) >= 11 is 0. The lowest BCUT2D eigenvalue weighted by atomic mass is 10.0. The van der Waals surface area contributed by atoms with E-state index >= 15 is 0 Å². The molecule has 164 valence electrons. The third kappa shape index (κ3) is 3.94. The molecule has 0 bridgehead atoms. The van der Waals surface area contributed by atoms with Gasteiger partial charge in [0.05, 0.1) is 4.90 Å². The Bertz CT molecular complexity index is 1640. The third-order valence-electron chi connectivity index (χ3n) is 4.92. The largest absolute Gasteiger partial charge is 0.505 e. The van der Waals surface area contributed by atoms with Gasteiger partial charge >= 0.3 is 0 Å². The molecule has 4 aromatic rings. The third-order valence-corrected chi connectivity index (χ3v) is 6.70. The summed E-state index contributed by atoms with van der Waals surface area (Å²) in [5, 5.41) is 20.0. The Morgan fingerprint density at radius 1 is 0.750 bits per heavy atom. The Morgan fingerprint density at radius 2 is 1.38 bits per heavy atom. The van der Waals surface area contributed by atoms with E-state index in [4.69, 9.17) is 0 Å². The summed E-state index contributed by atoms with van der Waals surface area (Å²) in [6, 6.07) is 14.8. The number of benzene rings is 4. The van der Waals surface area contributed by atoms with E-state index in [1.54, 1.807) is 31.2 Å². The highest BCUT2D eigenvalue weighted by Crippen LogP contribution is 2.39. The van der Waals surface area contributed by atoms with Gasteiger partial charge in [-0.1, -0.05) is 36.4 Å². The molecule has 0 heterocycles. The van der Waals surface area contributed by atoms with Crippen LogP contribution >= 0.6 is 0 Å². The van der Waals surface area contributed by atoms with Crippen molar-refractivity contribution in [2.75, 3.05) is 0 Å². The molecule has 0 unspecified atom stereocenters. The zero-order valence-corrected chi connectivity index (χ0v) is 18.1. The average Bonchev–Trinajstić information content (AvgIpc) is 2.71. The fourth-order valence-electron chi connectivity index (χ4n) is 3.53. The van der Waals surface area contributed by atoms with Crippen LogP contribution in [0.5, 0.6) is 5.75 Å². The average molecular weight is 473 g/mol. The van der Waals surface area contributed by atoms with Crippen molar-refractivity contribution >= 4 is 53.2 Å². The first kappa shape index (κ1) is 21.8. The van der Waals surface area contributed by atoms with E-state index < -0.39 is 25.1 Å². The maximum atomic E-state index is 12.0. The normalized spacial score (nSPS) is 12.7. The SMILES string of the molecule is Cc1cc(S(=O)(=O)O)cc2ccc(N=Nc3ccc4ccccc4c3S(=O)(=O)O)c(O)c12. The van der Waals surface area contributed by atoms with Gasteiger partial charge in [-0.25, -0.2) is 0 Å². The Labute approximate surface area is 183 Å². The lowest BCUT2D eigenvalue weighted by Crippen LogP contribution is -1.99. The van der Waals surface area contributed by atoms with Crippen molar-refractivity contribution in [2.45, 2.75) is 16.7 Å². The number of rotatable bonds is 4. The molecule has 0 atom stereocenters. The predicted octanol–water partition coefficient (Wildman–Crippen LogP) is 4.92. The molecule has 0 aromatic heterocycles. The van der Waals surface area contributed by atoms with Gasteiger partial charge < -0.3 is 5.11 Å². The van der Waals surface area contributed by atoms with E-state index in [1.807, 2.05) is 0 Å². The number of azo groups is 1. The maximum absolute atomic E-state index is 12.0. The number of phenolic OH excluding ortho intramolecular Hbond substituents is 1. The molecule has 4 rings (SSSR count). The van der Waals surface area contributed by atoms with Crippen LogP contribution in [-0.2, 0) is 20.2 Å². The van der Waals surface area contributed by atoms with Crippen molar-refractivity contribution in [1.29, 1.82) is 0 Å². The van der Waals surface area contributed by atoms with Crippen molar-refractivity contribution in [3.8, 4) is 5.75 Å². The molecular formula is C21H16N2O7S2. The summed E-state index contributed by atoms with van der Waals surface area (Å²) in [6.45, 7) is 1.55. The summed E-state index contributed by atoms with van der Waals surface area (Å²) in [4.78, 5) is -0.723. The number of nitrogens with zero attached hydrogens (tertiary/aromatic N) is 2. The first-order chi connectivity index (χ1) is 15.0. The van der Waals surface area contributed by atoms with Crippen LogP contribution < -0.4 is 0 Å². The van der Waals surface area contributed by atoms with Crippen molar-refractivity contribution in [1.82, 2.24) is 0 Å². The molecule has 0 aliphatic carbocycles. The second-order valence-electron chi connectivity index (χ2n) is 7.06. The second-order valence-corrected chi connectivity index (χ2v) is 9.84. The number of phenols is 1. The van der Waals surface area contributed by atoms with Crippen molar-refractivity contribution in [2.24, 2.45) is 10.2 Å². The highest BCUT2D eigenvalue weighted by atomic mass is 32.2. The Kier molecular flexibility index (Phi) is 5.21. The van der Waals surface area contributed by atoms with Gasteiger partial charge in [0.2, 0.25) is 0 Å². The molecule has 0 saturated carbocycles. The van der Waals surface area contributed by atoms with Crippen LogP contribution in [0.25, 0.3) is 21.5 Å². The summed E-state index contributed by atoms with van der Waals surface area (Å²) in [5.41, 5.74) is 0.243. The summed E-state index contributed by atoms with van der Waals surface area (Å²) in [7, 11) is -9.06. The van der Waals surface area contributed by atoms with Crippen LogP contribution in [0.3, 0.4) is 0 Å². The fourth-order valence-corrected chi connectivity index (χ4v) is 4.97. The van der Waals surface area contributed by atoms with Crippen LogP contribution in [-0.4, -0.2) is 31.0 Å². The lowest BCUT2D eigenvalue weighted by molar-refractivity contribution is 0.480. The molecule has 3 N–H and O–H groups in total. The van der Waals surface area contributed by atoms with Gasteiger partial charge in [-0.3, -0.25) is 9.11 Å². The summed E-state index contributed by atoms with van der Waals surface area (Å²) in [6.07, 6.45) is 0. The lowest BCUT2D eigenvalue weighted by Gasteiger charge is -2.09. The van der Waals surface area contributed by atoms with Crippen molar-refractivity contribution in [3.05, 3.63) is 66.2 Å². The minimum absolute atomic E-state index is 0.00495. The molecule has 0 fully saturated rings. The molecule has 32 heavy (non-hydrogen) atoms.